The van der Waals surface area contributed by atoms with Gasteiger partial charge in [0, 0.05) is 35.9 Å². The van der Waals surface area contributed by atoms with Crippen molar-refractivity contribution in [2.24, 2.45) is 0 Å². The van der Waals surface area contributed by atoms with Gasteiger partial charge in [-0.25, -0.2) is 13.1 Å². The van der Waals surface area contributed by atoms with Crippen molar-refractivity contribution in [1.82, 2.24) is 4.72 Å². The van der Waals surface area contributed by atoms with Crippen LogP contribution in [0.4, 0.5) is 5.69 Å². The number of anilines is 1. The number of nitrogens with one attached hydrogen (secondary N) is 2. The molecule has 0 heterocycles. The first-order chi connectivity index (χ1) is 8.47. The van der Waals surface area contributed by atoms with Crippen molar-refractivity contribution in [2.75, 3.05) is 30.4 Å². The minimum absolute atomic E-state index is 0.216. The first-order valence-corrected chi connectivity index (χ1v) is 8.81. The van der Waals surface area contributed by atoms with Crippen molar-refractivity contribution in [1.29, 1.82) is 0 Å². The van der Waals surface area contributed by atoms with Crippen molar-refractivity contribution in [2.45, 2.75) is 11.8 Å². The van der Waals surface area contributed by atoms with E-state index in [0.717, 1.165) is 0 Å². The third-order valence-corrected chi connectivity index (χ3v) is 4.60. The van der Waals surface area contributed by atoms with E-state index in [-0.39, 0.29) is 4.90 Å². The lowest BCUT2D eigenvalue weighted by Gasteiger charge is -2.12. The zero-order valence-corrected chi connectivity index (χ0v) is 12.1. The van der Waals surface area contributed by atoms with Crippen LogP contribution in [0.25, 0.3) is 0 Å². The molecule has 5 nitrogen and oxygen atoms in total. The maximum atomic E-state index is 11.9. The zero-order valence-electron chi connectivity index (χ0n) is 10.5. The molecule has 1 aromatic carbocycles. The molecule has 1 rings (SSSR count). The van der Waals surface area contributed by atoms with Crippen LogP contribution in [0.2, 0.25) is 0 Å². The maximum Gasteiger partial charge on any atom is 0.242 e. The predicted molar refractivity (Wildman–Crippen MR) is 74.7 cm³/mol. The average molecular weight is 290 g/mol. The summed E-state index contributed by atoms with van der Waals surface area (Å²) in [6, 6.07) is 6.68. The molecule has 0 saturated heterocycles. The van der Waals surface area contributed by atoms with Gasteiger partial charge >= 0.3 is 0 Å². The smallest absolute Gasteiger partial charge is 0.242 e. The summed E-state index contributed by atoms with van der Waals surface area (Å²) in [4.78, 5) is 0.216. The maximum absolute atomic E-state index is 11.9. The van der Waals surface area contributed by atoms with Gasteiger partial charge in [-0.15, -0.1) is 0 Å². The van der Waals surface area contributed by atoms with E-state index in [1.807, 2.05) is 0 Å². The predicted octanol–water partition coefficient (Wildman–Crippen LogP) is 0.775. The van der Waals surface area contributed by atoms with E-state index in [0.29, 0.717) is 24.5 Å². The topological polar surface area (TPSA) is 75.3 Å². The van der Waals surface area contributed by atoms with Crippen LogP contribution in [-0.4, -0.2) is 37.7 Å². The lowest BCUT2D eigenvalue weighted by atomic mass is 10.3. The third-order valence-electron chi connectivity index (χ3n) is 2.22. The fraction of sp³-hybridized carbons (Fsp3) is 0.455. The van der Waals surface area contributed by atoms with Gasteiger partial charge in [-0.05, 0) is 12.1 Å². The molecule has 0 aliphatic rings. The molecular formula is C11H18N2O3S2. The summed E-state index contributed by atoms with van der Waals surface area (Å²) in [7, 11) is -4.38. The Kier molecular flexibility index (Phi) is 5.77. The average Bonchev–Trinajstić information content (AvgIpc) is 2.29. The van der Waals surface area contributed by atoms with Crippen LogP contribution in [0, 0.1) is 0 Å². The molecular weight excluding hydrogens is 272 g/mol. The van der Waals surface area contributed by atoms with E-state index in [9.17, 15) is 12.6 Å². The quantitative estimate of drug-likeness (QED) is 0.778. The lowest BCUT2D eigenvalue weighted by Crippen LogP contribution is -2.24. The van der Waals surface area contributed by atoms with Crippen LogP contribution >= 0.6 is 0 Å². The minimum Gasteiger partial charge on any atom is -0.383 e. The first kappa shape index (κ1) is 15.1. The molecule has 1 atom stereocenters. The number of sulfonamides is 1. The number of rotatable bonds is 7. The molecule has 0 aliphatic carbocycles. The van der Waals surface area contributed by atoms with E-state index in [2.05, 4.69) is 10.0 Å². The number of hydrogen-bond donors (Lipinski definition) is 2. The summed E-state index contributed by atoms with van der Waals surface area (Å²) in [6.07, 6.45) is 1.61. The van der Waals surface area contributed by atoms with Crippen LogP contribution in [0.15, 0.2) is 29.2 Å². The zero-order chi connectivity index (χ0) is 13.6. The normalized spacial score (nSPS) is 13.2. The fourth-order valence-electron chi connectivity index (χ4n) is 1.44. The SMILES string of the molecule is CCNS(=O)(=O)c1ccccc1NCCS(C)=O. The van der Waals surface area contributed by atoms with Gasteiger partial charge < -0.3 is 5.32 Å². The van der Waals surface area contributed by atoms with Crippen LogP contribution in [0.5, 0.6) is 0 Å². The van der Waals surface area contributed by atoms with Crippen molar-refractivity contribution < 1.29 is 12.6 Å². The number of benzene rings is 1. The molecule has 0 fully saturated rings. The summed E-state index contributed by atoms with van der Waals surface area (Å²) in [5.74, 6) is 0.482. The molecule has 0 saturated carbocycles. The largest absolute Gasteiger partial charge is 0.383 e. The summed E-state index contributed by atoms with van der Waals surface area (Å²) in [6.45, 7) is 2.55. The van der Waals surface area contributed by atoms with Gasteiger partial charge in [0.05, 0.1) is 5.69 Å². The summed E-state index contributed by atoms with van der Waals surface area (Å²) >= 11 is 0. The standard InChI is InChI=1S/C11H18N2O3S2/c1-3-13-18(15,16)11-7-5-4-6-10(11)12-8-9-17(2)14/h4-7,12-13H,3,8-9H2,1-2H3. The second-order valence-corrected chi connectivity index (χ2v) is 6.99. The van der Waals surface area contributed by atoms with Crippen LogP contribution in [0.1, 0.15) is 6.92 Å². The monoisotopic (exact) mass is 290 g/mol. The third kappa shape index (κ3) is 4.40. The Hall–Kier alpha value is -0.920. The van der Waals surface area contributed by atoms with E-state index in [4.69, 9.17) is 0 Å². The molecule has 1 aromatic rings. The van der Waals surface area contributed by atoms with Crippen molar-refractivity contribution in [3.63, 3.8) is 0 Å². The second kappa shape index (κ2) is 6.86. The molecule has 102 valence electrons. The number of hydrogen-bond acceptors (Lipinski definition) is 4. The molecule has 0 bridgehead atoms. The molecule has 7 heteroatoms. The van der Waals surface area contributed by atoms with Crippen LogP contribution in [-0.2, 0) is 20.8 Å². The fourth-order valence-corrected chi connectivity index (χ4v) is 3.06. The van der Waals surface area contributed by atoms with Gasteiger partial charge in [-0.2, -0.15) is 0 Å². The molecule has 0 spiro atoms. The van der Waals surface area contributed by atoms with Gasteiger partial charge in [-0.3, -0.25) is 4.21 Å². The van der Waals surface area contributed by atoms with Gasteiger partial charge in [0.15, 0.2) is 0 Å². The molecule has 0 aromatic heterocycles. The van der Waals surface area contributed by atoms with E-state index < -0.39 is 20.8 Å². The summed E-state index contributed by atoms with van der Waals surface area (Å²) < 4.78 is 37.3. The first-order valence-electron chi connectivity index (χ1n) is 5.60. The van der Waals surface area contributed by atoms with E-state index >= 15 is 0 Å². The highest BCUT2D eigenvalue weighted by Crippen LogP contribution is 2.20. The Morgan fingerprint density at radius 2 is 1.94 bits per heavy atom. The minimum atomic E-state index is -3.48. The Bertz CT molecular complexity index is 515. The molecule has 0 radical (unpaired) electrons. The van der Waals surface area contributed by atoms with Gasteiger partial charge in [-0.1, -0.05) is 19.1 Å². The highest BCUT2D eigenvalue weighted by Gasteiger charge is 2.16. The Labute approximate surface area is 110 Å². The van der Waals surface area contributed by atoms with Crippen molar-refractivity contribution in [3.05, 3.63) is 24.3 Å². The summed E-state index contributed by atoms with van der Waals surface area (Å²) in [5.41, 5.74) is 0.531. The van der Waals surface area contributed by atoms with Crippen molar-refractivity contribution in [3.8, 4) is 0 Å². The Balaban J connectivity index is 2.89. The lowest BCUT2D eigenvalue weighted by molar-refractivity contribution is 0.584. The van der Waals surface area contributed by atoms with Gasteiger partial charge in [0.1, 0.15) is 4.90 Å². The van der Waals surface area contributed by atoms with Gasteiger partial charge in [0.25, 0.3) is 0 Å². The highest BCUT2D eigenvalue weighted by atomic mass is 32.2. The second-order valence-electron chi connectivity index (χ2n) is 3.70. The van der Waals surface area contributed by atoms with E-state index in [1.165, 1.54) is 0 Å². The van der Waals surface area contributed by atoms with Crippen LogP contribution < -0.4 is 10.0 Å². The van der Waals surface area contributed by atoms with Gasteiger partial charge in [0.2, 0.25) is 10.0 Å². The highest BCUT2D eigenvalue weighted by molar-refractivity contribution is 7.89. The van der Waals surface area contributed by atoms with Crippen molar-refractivity contribution >= 4 is 26.5 Å². The molecule has 18 heavy (non-hydrogen) atoms. The summed E-state index contributed by atoms with van der Waals surface area (Å²) in [5, 5.41) is 3.00. The van der Waals surface area contributed by atoms with Crippen LogP contribution in [0.3, 0.4) is 0 Å². The Morgan fingerprint density at radius 1 is 1.28 bits per heavy atom. The molecule has 2 N–H and O–H groups in total. The molecule has 0 aliphatic heterocycles. The molecule has 0 amide bonds. The number of para-hydroxylation sites is 1. The van der Waals surface area contributed by atoms with E-state index in [1.54, 1.807) is 37.4 Å². The Morgan fingerprint density at radius 3 is 2.56 bits per heavy atom. The molecule has 1 unspecified atom stereocenters.